The van der Waals surface area contributed by atoms with Gasteiger partial charge in [0.25, 0.3) is 0 Å². The van der Waals surface area contributed by atoms with Crippen LogP contribution in [-0.2, 0) is 9.53 Å². The van der Waals surface area contributed by atoms with Crippen molar-refractivity contribution in [3.8, 4) is 0 Å². The van der Waals surface area contributed by atoms with E-state index in [4.69, 9.17) is 4.74 Å². The molecular formula is C14H20O3. The number of aliphatic hydroxyl groups is 1. The van der Waals surface area contributed by atoms with Crippen molar-refractivity contribution in [3.63, 3.8) is 0 Å². The Morgan fingerprint density at radius 3 is 2.29 bits per heavy atom. The molecule has 1 aromatic carbocycles. The second-order valence-corrected chi connectivity index (χ2v) is 4.65. The molecule has 0 bridgehead atoms. The number of benzene rings is 1. The average Bonchev–Trinajstić information content (AvgIpc) is 2.27. The highest BCUT2D eigenvalue weighted by molar-refractivity contribution is 5.78. The Balaban J connectivity index is 2.76. The molecule has 0 heterocycles. The van der Waals surface area contributed by atoms with Crippen LogP contribution in [0.5, 0.6) is 0 Å². The summed E-state index contributed by atoms with van der Waals surface area (Å²) in [5, 5.41) is 9.70. The Kier molecular flexibility index (Phi) is 5.16. The van der Waals surface area contributed by atoms with Crippen LogP contribution >= 0.6 is 0 Å². The third kappa shape index (κ3) is 4.19. The van der Waals surface area contributed by atoms with Gasteiger partial charge in [0.15, 0.2) is 0 Å². The van der Waals surface area contributed by atoms with Crippen LogP contribution in [0.15, 0.2) is 30.3 Å². The second-order valence-electron chi connectivity index (χ2n) is 4.65. The zero-order chi connectivity index (χ0) is 12.8. The zero-order valence-electron chi connectivity index (χ0n) is 10.6. The Labute approximate surface area is 102 Å². The minimum Gasteiger partial charge on any atom is -0.465 e. The monoisotopic (exact) mass is 236 g/mol. The number of aliphatic hydroxyl groups excluding tert-OH is 1. The van der Waals surface area contributed by atoms with Crippen molar-refractivity contribution in [1.82, 2.24) is 0 Å². The minimum atomic E-state index is -0.753. The lowest BCUT2D eigenvalue weighted by Gasteiger charge is -2.19. The van der Waals surface area contributed by atoms with Gasteiger partial charge in [0.2, 0.25) is 0 Å². The zero-order valence-corrected chi connectivity index (χ0v) is 10.6. The molecule has 1 rings (SSSR count). The molecule has 0 amide bonds. The third-order valence-corrected chi connectivity index (χ3v) is 2.45. The summed E-state index contributed by atoms with van der Waals surface area (Å²) < 4.78 is 5.18. The Morgan fingerprint density at radius 2 is 1.82 bits per heavy atom. The smallest absolute Gasteiger partial charge is 0.316 e. The number of carbonyl (C=O) groups excluding carboxylic acids is 1. The van der Waals surface area contributed by atoms with Crippen LogP contribution in [0.4, 0.5) is 0 Å². The number of carbonyl (C=O) groups is 1. The lowest BCUT2D eigenvalue weighted by Crippen LogP contribution is -2.26. The van der Waals surface area contributed by atoms with Crippen molar-refractivity contribution in [2.45, 2.75) is 32.8 Å². The van der Waals surface area contributed by atoms with Crippen molar-refractivity contribution < 1.29 is 14.6 Å². The second kappa shape index (κ2) is 6.40. The average molecular weight is 236 g/mol. The lowest BCUT2D eigenvalue weighted by molar-refractivity contribution is -0.149. The number of rotatable bonds is 5. The van der Waals surface area contributed by atoms with Crippen molar-refractivity contribution in [2.75, 3.05) is 6.61 Å². The van der Waals surface area contributed by atoms with Gasteiger partial charge >= 0.3 is 5.97 Å². The van der Waals surface area contributed by atoms with Gasteiger partial charge in [-0.15, -0.1) is 0 Å². The molecular weight excluding hydrogens is 216 g/mol. The Morgan fingerprint density at radius 1 is 1.24 bits per heavy atom. The lowest BCUT2D eigenvalue weighted by atomic mass is 9.94. The van der Waals surface area contributed by atoms with E-state index in [0.29, 0.717) is 12.5 Å². The van der Waals surface area contributed by atoms with Crippen LogP contribution in [0.3, 0.4) is 0 Å². The summed E-state index contributed by atoms with van der Waals surface area (Å²) >= 11 is 0. The summed E-state index contributed by atoms with van der Waals surface area (Å²) in [5.74, 6) is -0.667. The van der Waals surface area contributed by atoms with Gasteiger partial charge in [-0.2, -0.15) is 0 Å². The Bertz CT molecular complexity index is 344. The molecule has 2 unspecified atom stereocenters. The first-order chi connectivity index (χ1) is 8.02. The standard InChI is InChI=1S/C14H20O3/c1-10(2)9-17-14(16)13(11(3)15)12-7-5-4-6-8-12/h4-8,10-11,13,15H,9H2,1-3H3. The maximum Gasteiger partial charge on any atom is 0.316 e. The molecule has 0 radical (unpaired) electrons. The van der Waals surface area contributed by atoms with Gasteiger partial charge in [-0.05, 0) is 18.4 Å². The van der Waals surface area contributed by atoms with E-state index < -0.39 is 12.0 Å². The van der Waals surface area contributed by atoms with Gasteiger partial charge < -0.3 is 9.84 Å². The first-order valence-corrected chi connectivity index (χ1v) is 5.92. The normalized spacial score (nSPS) is 14.4. The Hall–Kier alpha value is -1.35. The molecule has 0 saturated carbocycles. The van der Waals surface area contributed by atoms with E-state index in [1.54, 1.807) is 6.92 Å². The van der Waals surface area contributed by atoms with Crippen LogP contribution in [0.2, 0.25) is 0 Å². The van der Waals surface area contributed by atoms with E-state index in [-0.39, 0.29) is 5.97 Å². The van der Waals surface area contributed by atoms with Crippen molar-refractivity contribution in [1.29, 1.82) is 0 Å². The SMILES string of the molecule is CC(C)COC(=O)C(c1ccccc1)C(C)O. The van der Waals surface area contributed by atoms with E-state index in [1.165, 1.54) is 0 Å². The summed E-state index contributed by atoms with van der Waals surface area (Å²) in [6, 6.07) is 9.23. The fourth-order valence-corrected chi connectivity index (χ4v) is 1.61. The molecule has 0 saturated heterocycles. The molecule has 0 aliphatic carbocycles. The molecule has 1 aromatic rings. The van der Waals surface area contributed by atoms with Crippen molar-refractivity contribution in [3.05, 3.63) is 35.9 Å². The van der Waals surface area contributed by atoms with Gasteiger partial charge in [0.1, 0.15) is 5.92 Å². The number of esters is 1. The van der Waals surface area contributed by atoms with Crippen LogP contribution in [0, 0.1) is 5.92 Å². The van der Waals surface area contributed by atoms with Crippen LogP contribution < -0.4 is 0 Å². The largest absolute Gasteiger partial charge is 0.465 e. The van der Waals surface area contributed by atoms with Gasteiger partial charge in [-0.3, -0.25) is 4.79 Å². The fourth-order valence-electron chi connectivity index (χ4n) is 1.61. The maximum absolute atomic E-state index is 11.9. The first kappa shape index (κ1) is 13.7. The van der Waals surface area contributed by atoms with E-state index in [9.17, 15) is 9.90 Å². The summed E-state index contributed by atoms with van der Waals surface area (Å²) in [6.07, 6.45) is -0.753. The van der Waals surface area contributed by atoms with E-state index >= 15 is 0 Å². The van der Waals surface area contributed by atoms with E-state index in [2.05, 4.69) is 0 Å². The summed E-state index contributed by atoms with van der Waals surface area (Å²) in [4.78, 5) is 11.9. The summed E-state index contributed by atoms with van der Waals surface area (Å²) in [7, 11) is 0. The quantitative estimate of drug-likeness (QED) is 0.798. The van der Waals surface area contributed by atoms with Gasteiger partial charge in [-0.25, -0.2) is 0 Å². The first-order valence-electron chi connectivity index (χ1n) is 5.92. The molecule has 0 aliphatic rings. The molecule has 1 N–H and O–H groups in total. The van der Waals surface area contributed by atoms with Gasteiger partial charge in [-0.1, -0.05) is 44.2 Å². The molecule has 2 atom stereocenters. The van der Waals surface area contributed by atoms with Crippen LogP contribution in [0.25, 0.3) is 0 Å². The number of hydrogen-bond donors (Lipinski definition) is 1. The van der Waals surface area contributed by atoms with Gasteiger partial charge in [0.05, 0.1) is 12.7 Å². The highest BCUT2D eigenvalue weighted by Gasteiger charge is 2.27. The highest BCUT2D eigenvalue weighted by atomic mass is 16.5. The summed E-state index contributed by atoms with van der Waals surface area (Å²) in [5.41, 5.74) is 0.788. The molecule has 0 spiro atoms. The fraction of sp³-hybridized carbons (Fsp3) is 0.500. The van der Waals surface area contributed by atoms with Crippen molar-refractivity contribution >= 4 is 5.97 Å². The molecule has 0 aromatic heterocycles. The molecule has 17 heavy (non-hydrogen) atoms. The maximum atomic E-state index is 11.9. The van der Waals surface area contributed by atoms with Crippen LogP contribution in [0.1, 0.15) is 32.3 Å². The van der Waals surface area contributed by atoms with Crippen molar-refractivity contribution in [2.24, 2.45) is 5.92 Å². The predicted octanol–water partition coefficient (Wildman–Crippen LogP) is 2.35. The minimum absolute atomic E-state index is 0.296. The van der Waals surface area contributed by atoms with Crippen LogP contribution in [-0.4, -0.2) is 23.8 Å². The van der Waals surface area contributed by atoms with E-state index in [1.807, 2.05) is 44.2 Å². The number of hydrogen-bond acceptors (Lipinski definition) is 3. The predicted molar refractivity (Wildman–Crippen MR) is 66.7 cm³/mol. The number of ether oxygens (including phenoxy) is 1. The topological polar surface area (TPSA) is 46.5 Å². The molecule has 0 fully saturated rings. The molecule has 0 aliphatic heterocycles. The molecule has 3 heteroatoms. The third-order valence-electron chi connectivity index (χ3n) is 2.45. The highest BCUT2D eigenvalue weighted by Crippen LogP contribution is 2.21. The molecule has 3 nitrogen and oxygen atoms in total. The summed E-state index contributed by atoms with van der Waals surface area (Å²) in [6.45, 7) is 5.95. The molecule has 94 valence electrons. The van der Waals surface area contributed by atoms with E-state index in [0.717, 1.165) is 5.56 Å². The van der Waals surface area contributed by atoms with Gasteiger partial charge in [0, 0.05) is 0 Å².